The summed E-state index contributed by atoms with van der Waals surface area (Å²) in [7, 11) is 0. The van der Waals surface area contributed by atoms with Gasteiger partial charge in [-0.05, 0) is 38.1 Å². The van der Waals surface area contributed by atoms with Crippen LogP contribution in [0, 0.1) is 0 Å². The summed E-state index contributed by atoms with van der Waals surface area (Å²) in [4.78, 5) is 28.0. The number of amides is 1. The minimum absolute atomic E-state index is 0. The summed E-state index contributed by atoms with van der Waals surface area (Å²) in [5, 5.41) is 14.7. The van der Waals surface area contributed by atoms with E-state index in [9.17, 15) is 9.59 Å². The fourth-order valence-electron chi connectivity index (χ4n) is 2.46. The van der Waals surface area contributed by atoms with Crippen molar-refractivity contribution in [3.63, 3.8) is 0 Å². The summed E-state index contributed by atoms with van der Waals surface area (Å²) in [5.41, 5.74) is 1.80. The van der Waals surface area contributed by atoms with Gasteiger partial charge in [0.2, 0.25) is 0 Å². The first-order valence-corrected chi connectivity index (χ1v) is 8.92. The van der Waals surface area contributed by atoms with Crippen LogP contribution in [-0.4, -0.2) is 51.5 Å². The molecule has 3 aromatic rings. The number of benzene rings is 2. The van der Waals surface area contributed by atoms with Gasteiger partial charge in [0.15, 0.2) is 0 Å². The first kappa shape index (κ1) is 21.3. The molecular formula is C20H19N2NaO3S. The standard InChI is InChI=1S/C20H18N2O3S.Na.H/c1-20(2,22-17(23)13-6-4-3-5-7-13)16-12-26-18(21-16)14-8-10-15(11-9-14)19(24)25;;/h3-12H,1-2H3,(H,22,23)(H,24,25);;. The number of hydrogen-bond acceptors (Lipinski definition) is 4. The Balaban J connectivity index is 0.00000261. The van der Waals surface area contributed by atoms with Gasteiger partial charge in [-0.2, -0.15) is 0 Å². The molecule has 0 aliphatic rings. The molecule has 0 saturated carbocycles. The van der Waals surface area contributed by atoms with Gasteiger partial charge in [0.05, 0.1) is 16.8 Å². The second-order valence-corrected chi connectivity index (χ2v) is 7.22. The zero-order valence-corrected chi connectivity index (χ0v) is 15.2. The van der Waals surface area contributed by atoms with E-state index in [2.05, 4.69) is 10.3 Å². The van der Waals surface area contributed by atoms with Gasteiger partial charge in [-0.15, -0.1) is 11.3 Å². The number of carbonyl (C=O) groups excluding carboxylic acids is 1. The van der Waals surface area contributed by atoms with Gasteiger partial charge >= 0.3 is 35.5 Å². The van der Waals surface area contributed by atoms with Crippen LogP contribution >= 0.6 is 11.3 Å². The predicted molar refractivity (Wildman–Crippen MR) is 109 cm³/mol. The summed E-state index contributed by atoms with van der Waals surface area (Å²) in [6, 6.07) is 15.6. The van der Waals surface area contributed by atoms with Crippen molar-refractivity contribution < 1.29 is 14.7 Å². The number of hydrogen-bond donors (Lipinski definition) is 2. The van der Waals surface area contributed by atoms with E-state index in [1.807, 2.05) is 37.4 Å². The van der Waals surface area contributed by atoms with Crippen LogP contribution in [0.3, 0.4) is 0 Å². The molecule has 27 heavy (non-hydrogen) atoms. The van der Waals surface area contributed by atoms with E-state index >= 15 is 0 Å². The monoisotopic (exact) mass is 390 g/mol. The van der Waals surface area contributed by atoms with Gasteiger partial charge in [0, 0.05) is 16.5 Å². The molecule has 0 aliphatic carbocycles. The SMILES string of the molecule is CC(C)(NC(=O)c1ccccc1)c1csc(-c2ccc(C(=O)O)cc2)n1.[NaH]. The number of rotatable bonds is 5. The molecule has 0 radical (unpaired) electrons. The molecule has 0 aliphatic heterocycles. The molecule has 3 rings (SSSR count). The Bertz CT molecular complexity index is 937. The van der Waals surface area contributed by atoms with E-state index in [-0.39, 0.29) is 41.0 Å². The number of nitrogens with one attached hydrogen (secondary N) is 1. The molecule has 0 fully saturated rings. The first-order valence-electron chi connectivity index (χ1n) is 8.04. The van der Waals surface area contributed by atoms with Crippen molar-refractivity contribution >= 4 is 52.8 Å². The number of carboxylic acids is 1. The maximum atomic E-state index is 12.4. The Kier molecular flexibility index (Phi) is 6.95. The van der Waals surface area contributed by atoms with Crippen molar-refractivity contribution in [3.05, 3.63) is 76.8 Å². The third-order valence-electron chi connectivity index (χ3n) is 3.99. The Morgan fingerprint density at radius 1 is 1.00 bits per heavy atom. The van der Waals surface area contributed by atoms with Crippen molar-refractivity contribution in [1.29, 1.82) is 0 Å². The molecule has 0 spiro atoms. The molecule has 2 aromatic carbocycles. The summed E-state index contributed by atoms with van der Waals surface area (Å²) in [6.07, 6.45) is 0. The summed E-state index contributed by atoms with van der Waals surface area (Å²) in [6.45, 7) is 3.81. The maximum absolute atomic E-state index is 12.4. The molecule has 134 valence electrons. The molecule has 1 heterocycles. The van der Waals surface area contributed by atoms with Gasteiger partial charge < -0.3 is 10.4 Å². The molecule has 0 bridgehead atoms. The normalized spacial score (nSPS) is 10.7. The molecule has 2 N–H and O–H groups in total. The Hall–Kier alpha value is -1.99. The van der Waals surface area contributed by atoms with E-state index in [1.165, 1.54) is 11.3 Å². The Labute approximate surface area is 183 Å². The molecule has 0 atom stereocenters. The van der Waals surface area contributed by atoms with Gasteiger partial charge in [0.1, 0.15) is 5.01 Å². The van der Waals surface area contributed by atoms with Crippen LogP contribution in [0.15, 0.2) is 60.0 Å². The second-order valence-electron chi connectivity index (χ2n) is 6.37. The van der Waals surface area contributed by atoms with Crippen molar-refractivity contribution in [2.45, 2.75) is 19.4 Å². The number of aromatic nitrogens is 1. The Morgan fingerprint density at radius 3 is 2.22 bits per heavy atom. The van der Waals surface area contributed by atoms with Crippen LogP contribution < -0.4 is 5.32 Å². The molecule has 1 amide bonds. The first-order chi connectivity index (χ1) is 12.4. The van der Waals surface area contributed by atoms with E-state index in [0.717, 1.165) is 16.3 Å². The zero-order chi connectivity index (χ0) is 18.7. The molecule has 5 nitrogen and oxygen atoms in total. The number of aromatic carboxylic acids is 1. The summed E-state index contributed by atoms with van der Waals surface area (Å²) < 4.78 is 0. The van der Waals surface area contributed by atoms with Crippen LogP contribution in [0.25, 0.3) is 10.6 Å². The fraction of sp³-hybridized carbons (Fsp3) is 0.150. The van der Waals surface area contributed by atoms with Crippen molar-refractivity contribution in [1.82, 2.24) is 10.3 Å². The number of thiazole rings is 1. The van der Waals surface area contributed by atoms with E-state index < -0.39 is 11.5 Å². The van der Waals surface area contributed by atoms with Gasteiger partial charge in [0.25, 0.3) is 5.91 Å². The van der Waals surface area contributed by atoms with E-state index in [0.29, 0.717) is 5.56 Å². The zero-order valence-electron chi connectivity index (χ0n) is 14.4. The average molecular weight is 390 g/mol. The quantitative estimate of drug-likeness (QED) is 0.654. The second kappa shape index (κ2) is 8.80. The van der Waals surface area contributed by atoms with Crippen LogP contribution in [-0.2, 0) is 5.54 Å². The Morgan fingerprint density at radius 2 is 1.63 bits per heavy atom. The predicted octanol–water partition coefficient (Wildman–Crippen LogP) is 3.52. The summed E-state index contributed by atoms with van der Waals surface area (Å²) >= 11 is 1.46. The van der Waals surface area contributed by atoms with Crippen molar-refractivity contribution in [3.8, 4) is 10.6 Å². The summed E-state index contributed by atoms with van der Waals surface area (Å²) in [5.74, 6) is -1.11. The van der Waals surface area contributed by atoms with Crippen molar-refractivity contribution in [2.75, 3.05) is 0 Å². The third-order valence-corrected chi connectivity index (χ3v) is 4.88. The van der Waals surface area contributed by atoms with E-state index in [4.69, 9.17) is 5.11 Å². The fourth-order valence-corrected chi connectivity index (χ4v) is 3.45. The van der Waals surface area contributed by atoms with Crippen LogP contribution in [0.5, 0.6) is 0 Å². The number of carbonyl (C=O) groups is 2. The molecule has 0 saturated heterocycles. The van der Waals surface area contributed by atoms with Crippen molar-refractivity contribution in [2.24, 2.45) is 0 Å². The molecule has 1 aromatic heterocycles. The average Bonchev–Trinajstić information content (AvgIpc) is 3.13. The topological polar surface area (TPSA) is 79.3 Å². The van der Waals surface area contributed by atoms with Crippen LogP contribution in [0.4, 0.5) is 0 Å². The molecular weight excluding hydrogens is 371 g/mol. The van der Waals surface area contributed by atoms with Gasteiger partial charge in [-0.3, -0.25) is 4.79 Å². The van der Waals surface area contributed by atoms with Gasteiger partial charge in [-0.25, -0.2) is 9.78 Å². The molecule has 7 heteroatoms. The minimum atomic E-state index is -0.957. The van der Waals surface area contributed by atoms with Crippen LogP contribution in [0.1, 0.15) is 40.3 Å². The van der Waals surface area contributed by atoms with E-state index in [1.54, 1.807) is 36.4 Å². The van der Waals surface area contributed by atoms with Crippen LogP contribution in [0.2, 0.25) is 0 Å². The van der Waals surface area contributed by atoms with Gasteiger partial charge in [-0.1, -0.05) is 30.3 Å². The number of nitrogens with zero attached hydrogens (tertiary/aromatic N) is 1. The number of carboxylic acid groups (broad SMARTS) is 1. The third kappa shape index (κ3) is 5.05. The molecule has 0 unspecified atom stereocenters.